The van der Waals surface area contributed by atoms with Crippen molar-refractivity contribution in [2.75, 3.05) is 4.90 Å². The first-order valence-corrected chi connectivity index (χ1v) is 7.72. The number of hydrogen-bond acceptors (Lipinski definition) is 2. The Morgan fingerprint density at radius 3 is 2.35 bits per heavy atom. The molecule has 1 saturated heterocycles. The van der Waals surface area contributed by atoms with Gasteiger partial charge in [0.05, 0.1) is 11.1 Å². The number of nitrogens with zero attached hydrogens (tertiary/aromatic N) is 1. The molecule has 2 fully saturated rings. The molecular weight excluding hydrogens is 318 g/mol. The van der Waals surface area contributed by atoms with Gasteiger partial charge in [0.1, 0.15) is 0 Å². The van der Waals surface area contributed by atoms with Gasteiger partial charge in [-0.15, -0.1) is 0 Å². The van der Waals surface area contributed by atoms with Gasteiger partial charge in [-0.25, -0.2) is 4.90 Å². The molecule has 0 unspecified atom stereocenters. The van der Waals surface area contributed by atoms with Crippen molar-refractivity contribution < 1.29 is 9.59 Å². The number of carbonyl (C=O) groups is 2. The minimum atomic E-state index is -0.446. The molecule has 3 nitrogen and oxygen atoms in total. The number of hydrogen-bond donors (Lipinski definition) is 0. The number of carbonyl (C=O) groups excluding carboxylic acids is 2. The van der Waals surface area contributed by atoms with Gasteiger partial charge in [0.15, 0.2) is 0 Å². The molecule has 1 saturated carbocycles. The zero-order valence-electron chi connectivity index (χ0n) is 11.9. The number of halogens is 1. The summed E-state index contributed by atoms with van der Waals surface area (Å²) in [4.78, 5) is 27.0. The fraction of sp³-hybridized carbons (Fsp3) is 0.500. The molecule has 0 N–H and O–H groups in total. The third-order valence-electron chi connectivity index (χ3n) is 5.50. The van der Waals surface area contributed by atoms with Gasteiger partial charge in [0.25, 0.3) is 0 Å². The topological polar surface area (TPSA) is 37.4 Å². The van der Waals surface area contributed by atoms with Crippen LogP contribution in [-0.4, -0.2) is 11.8 Å². The van der Waals surface area contributed by atoms with Crippen LogP contribution < -0.4 is 4.90 Å². The van der Waals surface area contributed by atoms with Gasteiger partial charge in [-0.05, 0) is 42.5 Å². The van der Waals surface area contributed by atoms with Crippen molar-refractivity contribution >= 4 is 33.4 Å². The van der Waals surface area contributed by atoms with Crippen LogP contribution in [0.3, 0.4) is 0 Å². The summed E-state index contributed by atoms with van der Waals surface area (Å²) in [7, 11) is 0. The molecule has 1 aliphatic carbocycles. The Hall–Kier alpha value is -1.16. The number of anilines is 1. The number of imide groups is 1. The summed E-state index contributed by atoms with van der Waals surface area (Å²) in [5, 5.41) is 0. The summed E-state index contributed by atoms with van der Waals surface area (Å²) in [6.07, 6.45) is 1.60. The van der Waals surface area contributed by atoms with E-state index in [2.05, 4.69) is 29.8 Å². The predicted octanol–water partition coefficient (Wildman–Crippen LogP) is 3.76. The van der Waals surface area contributed by atoms with Gasteiger partial charge in [-0.3, -0.25) is 9.59 Å². The van der Waals surface area contributed by atoms with Crippen LogP contribution in [0, 0.1) is 16.7 Å². The molecule has 1 aromatic carbocycles. The molecule has 2 atom stereocenters. The smallest absolute Gasteiger partial charge is 0.240 e. The van der Waals surface area contributed by atoms with Crippen molar-refractivity contribution in [3.05, 3.63) is 28.7 Å². The van der Waals surface area contributed by atoms with Crippen molar-refractivity contribution in [3.63, 3.8) is 0 Å². The highest BCUT2D eigenvalue weighted by Crippen LogP contribution is 2.60. The van der Waals surface area contributed by atoms with Crippen LogP contribution in [0.1, 0.15) is 33.6 Å². The van der Waals surface area contributed by atoms with E-state index < -0.39 is 5.41 Å². The molecule has 0 spiro atoms. The second kappa shape index (κ2) is 4.17. The van der Waals surface area contributed by atoms with E-state index >= 15 is 0 Å². The lowest BCUT2D eigenvalue weighted by Crippen LogP contribution is -2.59. The largest absolute Gasteiger partial charge is 0.274 e. The van der Waals surface area contributed by atoms with Crippen molar-refractivity contribution in [1.29, 1.82) is 0 Å². The Morgan fingerprint density at radius 2 is 1.75 bits per heavy atom. The Morgan fingerprint density at radius 1 is 1.15 bits per heavy atom. The normalized spacial score (nSPS) is 31.8. The van der Waals surface area contributed by atoms with Gasteiger partial charge in [-0.1, -0.05) is 36.7 Å². The second-order valence-corrected chi connectivity index (χ2v) is 7.52. The first kappa shape index (κ1) is 13.8. The highest BCUT2D eigenvalue weighted by atomic mass is 79.9. The van der Waals surface area contributed by atoms with Crippen LogP contribution in [0.25, 0.3) is 0 Å². The first-order valence-electron chi connectivity index (χ1n) is 6.93. The van der Waals surface area contributed by atoms with E-state index in [9.17, 15) is 9.59 Å². The van der Waals surface area contributed by atoms with Crippen LogP contribution in [0.4, 0.5) is 5.69 Å². The Balaban J connectivity index is 2.09. The van der Waals surface area contributed by atoms with E-state index in [4.69, 9.17) is 0 Å². The molecule has 2 amide bonds. The van der Waals surface area contributed by atoms with Crippen LogP contribution in [0.15, 0.2) is 28.7 Å². The Bertz CT molecular complexity index is 593. The molecule has 0 aromatic heterocycles. The molecule has 2 aliphatic rings. The molecule has 1 heterocycles. The van der Waals surface area contributed by atoms with E-state index in [0.29, 0.717) is 5.69 Å². The monoisotopic (exact) mass is 335 g/mol. The van der Waals surface area contributed by atoms with Crippen LogP contribution in [0.5, 0.6) is 0 Å². The van der Waals surface area contributed by atoms with Crippen molar-refractivity contribution in [2.24, 2.45) is 16.7 Å². The lowest BCUT2D eigenvalue weighted by molar-refractivity contribution is -0.146. The molecule has 0 radical (unpaired) electrons. The maximum Gasteiger partial charge on any atom is 0.240 e. The van der Waals surface area contributed by atoms with E-state index in [0.717, 1.165) is 17.3 Å². The van der Waals surface area contributed by atoms with E-state index in [-0.39, 0.29) is 23.1 Å². The summed E-state index contributed by atoms with van der Waals surface area (Å²) in [5.41, 5.74) is -0.0251. The summed E-state index contributed by atoms with van der Waals surface area (Å²) in [5.74, 6) is -0.158. The van der Waals surface area contributed by atoms with Crippen molar-refractivity contribution in [2.45, 2.75) is 33.6 Å². The molecule has 20 heavy (non-hydrogen) atoms. The highest BCUT2D eigenvalue weighted by molar-refractivity contribution is 9.10. The third kappa shape index (κ3) is 1.57. The van der Waals surface area contributed by atoms with E-state index in [1.807, 2.05) is 31.2 Å². The number of benzene rings is 1. The molecular formula is C16H18BrNO2. The lowest BCUT2D eigenvalue weighted by atomic mass is 9.62. The standard InChI is InChI=1S/C16H18BrNO2/c1-15(2)12-8-9-16(15,3)14(20)18(13(12)19)11-6-4-10(17)5-7-11/h4-7,12H,8-9H2,1-3H3/t12-,16+/m0/s1. The number of rotatable bonds is 1. The maximum atomic E-state index is 12.9. The minimum absolute atomic E-state index is 0.0442. The zero-order valence-corrected chi connectivity index (χ0v) is 13.5. The van der Waals surface area contributed by atoms with Crippen molar-refractivity contribution in [3.8, 4) is 0 Å². The van der Waals surface area contributed by atoms with Crippen LogP contribution in [0.2, 0.25) is 0 Å². The molecule has 106 valence electrons. The maximum absolute atomic E-state index is 12.9. The molecule has 3 rings (SSSR count). The second-order valence-electron chi connectivity index (χ2n) is 6.60. The summed E-state index contributed by atoms with van der Waals surface area (Å²) >= 11 is 3.38. The molecule has 1 aliphatic heterocycles. The van der Waals surface area contributed by atoms with Gasteiger partial charge < -0.3 is 0 Å². The first-order chi connectivity index (χ1) is 9.29. The quantitative estimate of drug-likeness (QED) is 0.732. The fourth-order valence-electron chi connectivity index (χ4n) is 3.65. The highest BCUT2D eigenvalue weighted by Gasteiger charge is 2.64. The van der Waals surface area contributed by atoms with E-state index in [1.54, 1.807) is 0 Å². The van der Waals surface area contributed by atoms with Gasteiger partial charge in [0.2, 0.25) is 11.8 Å². The number of fused-ring (bicyclic) bond motifs is 2. The summed E-state index contributed by atoms with van der Waals surface area (Å²) in [6.45, 7) is 6.12. The fourth-order valence-corrected chi connectivity index (χ4v) is 3.92. The van der Waals surface area contributed by atoms with Gasteiger partial charge in [-0.2, -0.15) is 0 Å². The third-order valence-corrected chi connectivity index (χ3v) is 6.03. The van der Waals surface area contributed by atoms with Crippen LogP contribution in [-0.2, 0) is 9.59 Å². The Labute approximate surface area is 127 Å². The lowest BCUT2D eigenvalue weighted by Gasteiger charge is -2.47. The number of piperidine rings is 1. The molecule has 4 heteroatoms. The average molecular weight is 336 g/mol. The molecule has 2 bridgehead atoms. The van der Waals surface area contributed by atoms with Gasteiger partial charge >= 0.3 is 0 Å². The minimum Gasteiger partial charge on any atom is -0.274 e. The number of amides is 2. The summed E-state index contributed by atoms with van der Waals surface area (Å²) < 4.78 is 0.938. The predicted molar refractivity (Wildman–Crippen MR) is 81.2 cm³/mol. The average Bonchev–Trinajstić information content (AvgIpc) is 2.57. The zero-order chi connectivity index (χ0) is 14.7. The Kier molecular flexibility index (Phi) is 2.88. The van der Waals surface area contributed by atoms with Crippen molar-refractivity contribution in [1.82, 2.24) is 0 Å². The van der Waals surface area contributed by atoms with E-state index in [1.165, 1.54) is 4.90 Å². The van der Waals surface area contributed by atoms with Crippen LogP contribution >= 0.6 is 15.9 Å². The molecule has 1 aromatic rings. The van der Waals surface area contributed by atoms with Gasteiger partial charge in [0, 0.05) is 10.4 Å². The summed E-state index contributed by atoms with van der Waals surface area (Å²) in [6, 6.07) is 7.36. The SMILES string of the molecule is CC1(C)[C@H]2CC[C@]1(C)C(=O)N(c1ccc(Br)cc1)C2=O.